The van der Waals surface area contributed by atoms with Gasteiger partial charge in [-0.25, -0.2) is 0 Å². The average Bonchev–Trinajstić information content (AvgIpc) is 2.86. The van der Waals surface area contributed by atoms with Crippen LogP contribution in [0.3, 0.4) is 0 Å². The number of rotatable bonds is 6. The van der Waals surface area contributed by atoms with E-state index in [9.17, 15) is 40.5 Å². The number of fused-ring (bicyclic) bond motifs is 1. The summed E-state index contributed by atoms with van der Waals surface area (Å²) in [6.45, 7) is -0.742. The van der Waals surface area contributed by atoms with Crippen LogP contribution in [-0.2, 0) is 4.74 Å². The molecule has 4 rings (SSSR count). The lowest BCUT2D eigenvalue weighted by Crippen LogP contribution is -2.60. The van der Waals surface area contributed by atoms with Gasteiger partial charge in [-0.2, -0.15) is 0 Å². The van der Waals surface area contributed by atoms with Crippen molar-refractivity contribution in [2.24, 2.45) is 0 Å². The van der Waals surface area contributed by atoms with Crippen LogP contribution in [0.4, 0.5) is 0 Å². The maximum Gasteiger partial charge on any atom is 0.239 e. The number of aliphatic hydroxyl groups excluding tert-OH is 4. The molecule has 13 heteroatoms. The highest BCUT2D eigenvalue weighted by Crippen LogP contribution is 2.44. The Morgan fingerprint density at radius 3 is 2.22 bits per heavy atom. The lowest BCUT2D eigenvalue weighted by molar-refractivity contribution is -0.277. The molecule has 5 atom stereocenters. The second-order valence-electron chi connectivity index (χ2n) is 7.94. The predicted molar refractivity (Wildman–Crippen MR) is 120 cm³/mol. The van der Waals surface area contributed by atoms with Gasteiger partial charge < -0.3 is 59.1 Å². The zero-order valence-corrected chi connectivity index (χ0v) is 19.0. The minimum absolute atomic E-state index is 0.0215. The smallest absolute Gasteiger partial charge is 0.239 e. The highest BCUT2D eigenvalue weighted by Gasteiger charge is 2.45. The molecular formula is C23H24O13. The first-order valence-electron chi connectivity index (χ1n) is 10.6. The number of hydrogen-bond acceptors (Lipinski definition) is 13. The van der Waals surface area contributed by atoms with Gasteiger partial charge in [0, 0.05) is 11.6 Å². The molecule has 0 radical (unpaired) electrons. The van der Waals surface area contributed by atoms with Crippen molar-refractivity contribution >= 4 is 11.0 Å². The summed E-state index contributed by atoms with van der Waals surface area (Å²) in [5.41, 5.74) is -1.19. The van der Waals surface area contributed by atoms with E-state index in [0.29, 0.717) is 0 Å². The van der Waals surface area contributed by atoms with Gasteiger partial charge in [0.25, 0.3) is 0 Å². The zero-order valence-electron chi connectivity index (χ0n) is 19.0. The highest BCUT2D eigenvalue weighted by molar-refractivity contribution is 5.93. The molecule has 1 fully saturated rings. The van der Waals surface area contributed by atoms with Gasteiger partial charge in [0.05, 0.1) is 20.8 Å². The van der Waals surface area contributed by atoms with Gasteiger partial charge in [-0.15, -0.1) is 0 Å². The largest absolute Gasteiger partial charge is 0.507 e. The van der Waals surface area contributed by atoms with Gasteiger partial charge in [0.2, 0.25) is 23.2 Å². The summed E-state index contributed by atoms with van der Waals surface area (Å²) in [6, 6.07) is 4.58. The molecule has 0 bridgehead atoms. The van der Waals surface area contributed by atoms with Crippen molar-refractivity contribution in [1.82, 2.24) is 0 Å². The molecule has 1 aliphatic rings. The van der Waals surface area contributed by atoms with Crippen LogP contribution in [0, 0.1) is 0 Å². The van der Waals surface area contributed by atoms with Crippen molar-refractivity contribution in [3.63, 3.8) is 0 Å². The van der Waals surface area contributed by atoms with E-state index in [0.717, 1.165) is 18.2 Å². The minimum atomic E-state index is -1.86. The first kappa shape index (κ1) is 25.3. The van der Waals surface area contributed by atoms with Gasteiger partial charge in [-0.1, -0.05) is 0 Å². The summed E-state index contributed by atoms with van der Waals surface area (Å²) >= 11 is 0. The molecule has 13 nitrogen and oxygen atoms in total. The molecule has 7 N–H and O–H groups in total. The minimum Gasteiger partial charge on any atom is -0.507 e. The normalized spacial score (nSPS) is 24.0. The molecule has 0 spiro atoms. The molecule has 194 valence electrons. The van der Waals surface area contributed by atoms with Crippen molar-refractivity contribution in [3.8, 4) is 45.8 Å². The summed E-state index contributed by atoms with van der Waals surface area (Å²) in [7, 11) is 2.58. The Morgan fingerprint density at radius 1 is 0.889 bits per heavy atom. The first-order valence-corrected chi connectivity index (χ1v) is 10.6. The van der Waals surface area contributed by atoms with E-state index in [4.69, 9.17) is 23.4 Å². The van der Waals surface area contributed by atoms with Gasteiger partial charge in [0.15, 0.2) is 28.6 Å². The first-order chi connectivity index (χ1) is 17.1. The molecule has 2 heterocycles. The van der Waals surface area contributed by atoms with Crippen LogP contribution in [-0.4, -0.2) is 87.3 Å². The van der Waals surface area contributed by atoms with Gasteiger partial charge in [-0.3, -0.25) is 4.79 Å². The fraction of sp³-hybridized carbons (Fsp3) is 0.348. The zero-order chi connectivity index (χ0) is 26.3. The number of ether oxygens (including phenoxy) is 4. The second kappa shape index (κ2) is 9.72. The van der Waals surface area contributed by atoms with Crippen molar-refractivity contribution in [1.29, 1.82) is 0 Å². The molecule has 1 aliphatic heterocycles. The number of aliphatic hydroxyl groups is 4. The van der Waals surface area contributed by atoms with Crippen LogP contribution in [0.15, 0.2) is 33.5 Å². The van der Waals surface area contributed by atoms with E-state index in [1.54, 1.807) is 0 Å². The van der Waals surface area contributed by atoms with Crippen molar-refractivity contribution in [3.05, 3.63) is 34.5 Å². The molecule has 0 amide bonds. The Balaban J connectivity index is 1.98. The third-order valence-corrected chi connectivity index (χ3v) is 5.77. The molecule has 0 saturated carbocycles. The van der Waals surface area contributed by atoms with Crippen LogP contribution in [0.1, 0.15) is 0 Å². The van der Waals surface area contributed by atoms with Crippen molar-refractivity contribution < 1.29 is 59.1 Å². The number of methoxy groups -OCH3 is 2. The Labute approximate surface area is 202 Å². The Hall–Kier alpha value is -3.75. The number of benzene rings is 2. The van der Waals surface area contributed by atoms with E-state index in [2.05, 4.69) is 0 Å². The van der Waals surface area contributed by atoms with Gasteiger partial charge >= 0.3 is 0 Å². The number of hydrogen-bond donors (Lipinski definition) is 7. The lowest BCUT2D eigenvalue weighted by Gasteiger charge is -2.39. The quantitative estimate of drug-likeness (QED) is 0.215. The summed E-state index contributed by atoms with van der Waals surface area (Å²) in [5.74, 6) is -2.57. The van der Waals surface area contributed by atoms with Gasteiger partial charge in [-0.05, 0) is 18.2 Å². The summed E-state index contributed by atoms with van der Waals surface area (Å²) in [4.78, 5) is 13.6. The van der Waals surface area contributed by atoms with E-state index >= 15 is 0 Å². The molecule has 1 aromatic heterocycles. The number of aromatic hydroxyl groups is 3. The fourth-order valence-electron chi connectivity index (χ4n) is 3.87. The topological polar surface area (TPSA) is 209 Å². The maximum atomic E-state index is 13.6. The molecule has 36 heavy (non-hydrogen) atoms. The monoisotopic (exact) mass is 508 g/mol. The van der Waals surface area contributed by atoms with Crippen LogP contribution < -0.4 is 19.6 Å². The predicted octanol–water partition coefficient (Wildman–Crippen LogP) is -0.227. The molecule has 3 aromatic rings. The van der Waals surface area contributed by atoms with E-state index in [1.165, 1.54) is 20.3 Å². The Morgan fingerprint density at radius 2 is 1.61 bits per heavy atom. The van der Waals surface area contributed by atoms with E-state index in [1.807, 2.05) is 0 Å². The average molecular weight is 508 g/mol. The standard InChI is InChI=1S/C23H24O13/c1-32-12-6-11(27)14-16(29)22(36-23-18(31)17(30)15(28)13(7-24)34-23)19(35-21(14)20(12)33-2)8-3-4-9(25)10(26)5-8/h3-6,13,15,17-18,23-28,30-31H,7H2,1-2H3/t13-,15-,17-,18-,23+/m1/s1. The molecule has 2 aromatic carbocycles. The molecular weight excluding hydrogens is 484 g/mol. The fourth-order valence-corrected chi connectivity index (χ4v) is 3.87. The SMILES string of the molecule is COc1cc(O)c2c(=O)c(O[C@@H]3O[C@H](CO)[C@@H](O)[C@@H](O)[C@H]3O)c(-c3ccc(O)c(O)c3)oc2c1OC. The van der Waals surface area contributed by atoms with E-state index < -0.39 is 65.7 Å². The number of phenols is 3. The maximum absolute atomic E-state index is 13.6. The highest BCUT2D eigenvalue weighted by atomic mass is 16.7. The Bertz CT molecular complexity index is 1330. The van der Waals surface area contributed by atoms with Crippen molar-refractivity contribution in [2.75, 3.05) is 20.8 Å². The third kappa shape index (κ3) is 4.12. The second-order valence-corrected chi connectivity index (χ2v) is 7.94. The molecule has 1 saturated heterocycles. The summed E-state index contributed by atoms with van der Waals surface area (Å²) in [5, 5.41) is 69.9. The van der Waals surface area contributed by atoms with Crippen molar-refractivity contribution in [2.45, 2.75) is 30.7 Å². The summed E-state index contributed by atoms with van der Waals surface area (Å²) in [6.07, 6.45) is -8.44. The van der Waals surface area contributed by atoms with Crippen LogP contribution in [0.5, 0.6) is 34.5 Å². The van der Waals surface area contributed by atoms with Crippen LogP contribution in [0.2, 0.25) is 0 Å². The summed E-state index contributed by atoms with van der Waals surface area (Å²) < 4.78 is 27.3. The van der Waals surface area contributed by atoms with Gasteiger partial charge in [0.1, 0.15) is 35.6 Å². The number of phenolic OH excluding ortho intramolecular Hbond substituents is 3. The lowest BCUT2D eigenvalue weighted by atomic mass is 9.99. The molecule has 0 unspecified atom stereocenters. The van der Waals surface area contributed by atoms with E-state index in [-0.39, 0.29) is 33.8 Å². The third-order valence-electron chi connectivity index (χ3n) is 5.77. The van der Waals surface area contributed by atoms with Crippen LogP contribution >= 0.6 is 0 Å². The Kier molecular flexibility index (Phi) is 6.84. The molecule has 0 aliphatic carbocycles. The van der Waals surface area contributed by atoms with Crippen LogP contribution in [0.25, 0.3) is 22.3 Å².